The summed E-state index contributed by atoms with van der Waals surface area (Å²) < 4.78 is 0. The van der Waals surface area contributed by atoms with Gasteiger partial charge >= 0.3 is 0 Å². The third-order valence-electron chi connectivity index (χ3n) is 3.58. The molecule has 20 heavy (non-hydrogen) atoms. The predicted molar refractivity (Wildman–Crippen MR) is 80.9 cm³/mol. The molecule has 1 aliphatic carbocycles. The van der Waals surface area contributed by atoms with E-state index >= 15 is 0 Å². The van der Waals surface area contributed by atoms with E-state index in [4.69, 9.17) is 0 Å². The second kappa shape index (κ2) is 5.82. The minimum Gasteiger partial charge on any atom is -0.391 e. The highest BCUT2D eigenvalue weighted by Gasteiger charge is 2.31. The monoisotopic (exact) mass is 296 g/mol. The first-order chi connectivity index (χ1) is 9.27. The molecule has 1 heterocycles. The number of carbonyl (C=O) groups is 1. The maximum absolute atomic E-state index is 12.1. The zero-order valence-electron chi connectivity index (χ0n) is 12.7. The molecule has 1 aromatic rings. The van der Waals surface area contributed by atoms with E-state index in [-0.39, 0.29) is 17.4 Å². The van der Waals surface area contributed by atoms with Crippen LogP contribution >= 0.6 is 11.3 Å². The van der Waals surface area contributed by atoms with Gasteiger partial charge in [-0.15, -0.1) is 11.3 Å². The van der Waals surface area contributed by atoms with Crippen LogP contribution in [0.1, 0.15) is 44.3 Å². The smallest absolute Gasteiger partial charge is 0.228 e. The lowest BCUT2D eigenvalue weighted by Crippen LogP contribution is -2.36. The number of amides is 1. The molecular formula is C15H24N2O2S. The second-order valence-corrected chi connectivity index (χ2v) is 7.61. The highest BCUT2D eigenvalue weighted by molar-refractivity contribution is 7.09. The van der Waals surface area contributed by atoms with Crippen LogP contribution in [0.2, 0.25) is 0 Å². The second-order valence-electron chi connectivity index (χ2n) is 6.75. The maximum Gasteiger partial charge on any atom is 0.228 e. The standard InChI is InChI=1S/C15H24N2O2S/c1-15(2,3)14-16-11(9-20-14)7-13(19)17(4)8-12(18)10-5-6-10/h9-10,12,18H,5-8H2,1-4H3. The van der Waals surface area contributed by atoms with E-state index in [9.17, 15) is 9.90 Å². The highest BCUT2D eigenvalue weighted by atomic mass is 32.1. The molecule has 0 radical (unpaired) electrons. The van der Waals surface area contributed by atoms with Crippen molar-refractivity contribution in [2.45, 2.75) is 51.6 Å². The van der Waals surface area contributed by atoms with Gasteiger partial charge in [-0.3, -0.25) is 4.79 Å². The summed E-state index contributed by atoms with van der Waals surface area (Å²) in [4.78, 5) is 18.3. The van der Waals surface area contributed by atoms with Crippen molar-refractivity contribution in [3.63, 3.8) is 0 Å². The van der Waals surface area contributed by atoms with Crippen LogP contribution in [0.15, 0.2) is 5.38 Å². The molecule has 1 unspecified atom stereocenters. The molecule has 0 spiro atoms. The van der Waals surface area contributed by atoms with E-state index in [0.717, 1.165) is 23.5 Å². The topological polar surface area (TPSA) is 53.4 Å². The molecule has 0 aromatic carbocycles. The van der Waals surface area contributed by atoms with E-state index in [1.54, 1.807) is 23.3 Å². The number of aliphatic hydroxyl groups is 1. The molecule has 1 atom stereocenters. The molecule has 1 aromatic heterocycles. The van der Waals surface area contributed by atoms with Gasteiger partial charge in [0.05, 0.1) is 23.2 Å². The van der Waals surface area contributed by atoms with Gasteiger partial charge in [-0.25, -0.2) is 4.98 Å². The molecule has 1 aliphatic rings. The van der Waals surface area contributed by atoms with Gasteiger partial charge in [0.15, 0.2) is 0 Å². The van der Waals surface area contributed by atoms with E-state index < -0.39 is 0 Å². The summed E-state index contributed by atoms with van der Waals surface area (Å²) in [6.45, 7) is 6.79. The molecular weight excluding hydrogens is 272 g/mol. The van der Waals surface area contributed by atoms with Gasteiger partial charge in [0.2, 0.25) is 5.91 Å². The number of thiazole rings is 1. The number of carbonyl (C=O) groups excluding carboxylic acids is 1. The first-order valence-corrected chi connectivity index (χ1v) is 8.02. The van der Waals surface area contributed by atoms with E-state index in [0.29, 0.717) is 18.9 Å². The molecule has 0 bridgehead atoms. The molecule has 0 aliphatic heterocycles. The van der Waals surface area contributed by atoms with Crippen LogP contribution in [0.4, 0.5) is 0 Å². The van der Waals surface area contributed by atoms with Gasteiger partial charge in [0, 0.05) is 24.4 Å². The highest BCUT2D eigenvalue weighted by Crippen LogP contribution is 2.32. The Morgan fingerprint density at radius 3 is 2.70 bits per heavy atom. The Balaban J connectivity index is 1.88. The van der Waals surface area contributed by atoms with Crippen LogP contribution in [-0.2, 0) is 16.6 Å². The molecule has 4 nitrogen and oxygen atoms in total. The van der Waals surface area contributed by atoms with Crippen molar-refractivity contribution in [2.24, 2.45) is 5.92 Å². The molecule has 1 fully saturated rings. The zero-order chi connectivity index (χ0) is 14.9. The Bertz CT molecular complexity index is 474. The average molecular weight is 296 g/mol. The summed E-state index contributed by atoms with van der Waals surface area (Å²) in [6, 6.07) is 0. The van der Waals surface area contributed by atoms with Crippen LogP contribution < -0.4 is 0 Å². The minimum absolute atomic E-state index is 0.0236. The van der Waals surface area contributed by atoms with Crippen molar-refractivity contribution in [2.75, 3.05) is 13.6 Å². The van der Waals surface area contributed by atoms with Crippen molar-refractivity contribution >= 4 is 17.2 Å². The largest absolute Gasteiger partial charge is 0.391 e. The summed E-state index contributed by atoms with van der Waals surface area (Å²) in [5, 5.41) is 12.9. The van der Waals surface area contributed by atoms with Crippen LogP contribution in [0.5, 0.6) is 0 Å². The normalized spacial score (nSPS) is 17.1. The van der Waals surface area contributed by atoms with E-state index in [1.165, 1.54) is 0 Å². The maximum atomic E-state index is 12.1. The first kappa shape index (κ1) is 15.4. The van der Waals surface area contributed by atoms with Crippen LogP contribution in [0, 0.1) is 5.92 Å². The van der Waals surface area contributed by atoms with Gasteiger partial charge in [-0.1, -0.05) is 20.8 Å². The zero-order valence-corrected chi connectivity index (χ0v) is 13.5. The number of aromatic nitrogens is 1. The van der Waals surface area contributed by atoms with Gasteiger partial charge in [0.25, 0.3) is 0 Å². The molecule has 1 N–H and O–H groups in total. The molecule has 112 valence electrons. The lowest BCUT2D eigenvalue weighted by atomic mass is 9.98. The Morgan fingerprint density at radius 2 is 2.20 bits per heavy atom. The summed E-state index contributed by atoms with van der Waals surface area (Å²) >= 11 is 1.61. The molecule has 2 rings (SSSR count). The average Bonchev–Trinajstić information content (AvgIpc) is 3.08. The number of hydrogen-bond acceptors (Lipinski definition) is 4. The van der Waals surface area contributed by atoms with E-state index in [2.05, 4.69) is 25.8 Å². The number of nitrogens with zero attached hydrogens (tertiary/aromatic N) is 2. The SMILES string of the molecule is CN(CC(O)C1CC1)C(=O)Cc1csc(C(C)(C)C)n1. The van der Waals surface area contributed by atoms with Crippen molar-refractivity contribution in [3.05, 3.63) is 16.1 Å². The summed E-state index contributed by atoms with van der Waals surface area (Å²) in [6.07, 6.45) is 2.12. The summed E-state index contributed by atoms with van der Waals surface area (Å²) in [5.41, 5.74) is 0.859. The van der Waals surface area contributed by atoms with Crippen molar-refractivity contribution in [1.29, 1.82) is 0 Å². The van der Waals surface area contributed by atoms with Crippen molar-refractivity contribution in [3.8, 4) is 0 Å². The molecule has 1 saturated carbocycles. The Morgan fingerprint density at radius 1 is 1.55 bits per heavy atom. The number of likely N-dealkylation sites (N-methyl/N-ethyl adjacent to an activating group) is 1. The third kappa shape index (κ3) is 4.03. The van der Waals surface area contributed by atoms with Crippen LogP contribution in [-0.4, -0.2) is 40.6 Å². The Labute approximate surface area is 124 Å². The number of rotatable bonds is 5. The van der Waals surface area contributed by atoms with Crippen LogP contribution in [0.25, 0.3) is 0 Å². The number of aliphatic hydroxyl groups excluding tert-OH is 1. The quantitative estimate of drug-likeness (QED) is 0.906. The van der Waals surface area contributed by atoms with Gasteiger partial charge < -0.3 is 10.0 Å². The summed E-state index contributed by atoms with van der Waals surface area (Å²) in [7, 11) is 1.75. The van der Waals surface area contributed by atoms with Crippen molar-refractivity contribution in [1.82, 2.24) is 9.88 Å². The summed E-state index contributed by atoms with van der Waals surface area (Å²) in [5.74, 6) is 0.424. The first-order valence-electron chi connectivity index (χ1n) is 7.14. The fourth-order valence-electron chi connectivity index (χ4n) is 2.04. The molecule has 1 amide bonds. The Hall–Kier alpha value is -0.940. The lowest BCUT2D eigenvalue weighted by Gasteiger charge is -2.20. The lowest BCUT2D eigenvalue weighted by molar-refractivity contribution is -0.130. The van der Waals surface area contributed by atoms with Gasteiger partial charge in [-0.05, 0) is 18.8 Å². The van der Waals surface area contributed by atoms with Crippen molar-refractivity contribution < 1.29 is 9.90 Å². The minimum atomic E-state index is -0.371. The molecule has 0 saturated heterocycles. The predicted octanol–water partition coefficient (Wildman–Crippen LogP) is 2.21. The fraction of sp³-hybridized carbons (Fsp3) is 0.733. The molecule has 5 heteroatoms. The van der Waals surface area contributed by atoms with Gasteiger partial charge in [0.1, 0.15) is 0 Å². The van der Waals surface area contributed by atoms with Gasteiger partial charge in [-0.2, -0.15) is 0 Å². The third-order valence-corrected chi connectivity index (χ3v) is 4.90. The van der Waals surface area contributed by atoms with E-state index in [1.807, 2.05) is 5.38 Å². The fourth-order valence-corrected chi connectivity index (χ4v) is 2.94. The van der Waals surface area contributed by atoms with Crippen LogP contribution in [0.3, 0.4) is 0 Å². The number of hydrogen-bond donors (Lipinski definition) is 1. The Kier molecular flexibility index (Phi) is 4.49.